The fourth-order valence-electron chi connectivity index (χ4n) is 6.84. The number of unbranched alkanes of at least 4 members (excludes halogenated alkanes) is 1. The van der Waals surface area contributed by atoms with Crippen LogP contribution in [0.25, 0.3) is 33.2 Å². The lowest BCUT2D eigenvalue weighted by atomic mass is 9.85. The maximum atomic E-state index is 12.6. The Morgan fingerprint density at radius 2 is 1.56 bits per heavy atom. The van der Waals surface area contributed by atoms with E-state index in [0.717, 1.165) is 76.8 Å². The molecule has 45 heavy (non-hydrogen) atoms. The normalized spacial score (nSPS) is 16.4. The number of aromatic nitrogens is 4. The monoisotopic (exact) mass is 611 g/mol. The molecule has 2 atom stereocenters. The predicted octanol–water partition coefficient (Wildman–Crippen LogP) is 7.46. The van der Waals surface area contributed by atoms with E-state index in [1.165, 1.54) is 5.56 Å². The fourth-order valence-corrected chi connectivity index (χ4v) is 6.84. The van der Waals surface area contributed by atoms with Crippen LogP contribution in [-0.2, 0) is 22.6 Å². The second kappa shape index (κ2) is 13.0. The fraction of sp³-hybridized carbons (Fsp3) is 0.444. The Hall–Kier alpha value is -4.24. The molecule has 8 bridgehead atoms. The van der Waals surface area contributed by atoms with Gasteiger partial charge in [-0.15, -0.1) is 0 Å². The quantitative estimate of drug-likeness (QED) is 0.150. The minimum Gasteiger partial charge on any atom is -0.481 e. The maximum absolute atomic E-state index is 12.6. The van der Waals surface area contributed by atoms with Crippen molar-refractivity contribution in [2.24, 2.45) is 0 Å². The van der Waals surface area contributed by atoms with Crippen molar-refractivity contribution in [2.45, 2.75) is 99.0 Å². The average Bonchev–Trinajstić information content (AvgIpc) is 3.67. The van der Waals surface area contributed by atoms with Crippen molar-refractivity contribution in [1.82, 2.24) is 25.3 Å². The minimum atomic E-state index is -1.04. The van der Waals surface area contributed by atoms with Gasteiger partial charge in [0.15, 0.2) is 0 Å². The van der Waals surface area contributed by atoms with Crippen molar-refractivity contribution >= 4 is 45.2 Å². The lowest BCUT2D eigenvalue weighted by Gasteiger charge is -2.16. The number of aryl methyl sites for hydroxylation is 3. The molecular weight excluding hydrogens is 566 g/mol. The Labute approximate surface area is 264 Å². The van der Waals surface area contributed by atoms with Crippen molar-refractivity contribution in [3.05, 3.63) is 68.8 Å². The van der Waals surface area contributed by atoms with E-state index in [1.807, 2.05) is 13.0 Å². The number of fused-ring (bicyclic) bond motifs is 8. The summed E-state index contributed by atoms with van der Waals surface area (Å²) in [5.41, 5.74) is 12.5. The minimum absolute atomic E-state index is 0.00479. The topological polar surface area (TPSA) is 144 Å². The molecule has 0 aromatic carbocycles. The van der Waals surface area contributed by atoms with Gasteiger partial charge in [-0.1, -0.05) is 27.2 Å². The summed E-state index contributed by atoms with van der Waals surface area (Å²) < 4.78 is 0. The van der Waals surface area contributed by atoms with E-state index >= 15 is 0 Å². The molecule has 9 nitrogen and oxygen atoms in total. The maximum Gasteiger partial charge on any atom is 0.338 e. The molecule has 3 aromatic rings. The molecule has 2 aliphatic rings. The lowest BCUT2D eigenvalue weighted by molar-refractivity contribution is -0.137. The summed E-state index contributed by atoms with van der Waals surface area (Å²) in [5, 5.41) is 23.5. The van der Waals surface area contributed by atoms with Gasteiger partial charge in [-0.3, -0.25) is 9.78 Å². The van der Waals surface area contributed by atoms with Gasteiger partial charge in [0.2, 0.25) is 0 Å². The highest BCUT2D eigenvalue weighted by Crippen LogP contribution is 2.43. The molecule has 5 rings (SSSR count). The zero-order chi connectivity index (χ0) is 32.6. The molecular formula is C36H45N5O4. The molecule has 0 radical (unpaired) electrons. The van der Waals surface area contributed by atoms with Gasteiger partial charge < -0.3 is 25.5 Å². The molecule has 0 spiro atoms. The zero-order valence-corrected chi connectivity index (χ0v) is 27.4. The molecule has 0 fully saturated rings. The third-order valence-electron chi connectivity index (χ3n) is 9.65. The third-order valence-corrected chi connectivity index (χ3v) is 9.65. The van der Waals surface area contributed by atoms with Crippen LogP contribution in [0.2, 0.25) is 0 Å². The Balaban J connectivity index is 1.91. The van der Waals surface area contributed by atoms with Crippen molar-refractivity contribution in [3.63, 3.8) is 0 Å². The summed E-state index contributed by atoms with van der Waals surface area (Å²) in [4.78, 5) is 41.6. The van der Waals surface area contributed by atoms with Crippen LogP contribution in [0.3, 0.4) is 0 Å². The Morgan fingerprint density at radius 3 is 2.20 bits per heavy atom. The third kappa shape index (κ3) is 6.06. The van der Waals surface area contributed by atoms with E-state index in [4.69, 9.17) is 9.97 Å². The van der Waals surface area contributed by atoms with Crippen molar-refractivity contribution in [2.75, 3.05) is 6.54 Å². The molecule has 5 N–H and O–H groups in total. The molecule has 0 amide bonds. The van der Waals surface area contributed by atoms with Crippen LogP contribution in [0.4, 0.5) is 0 Å². The van der Waals surface area contributed by atoms with Gasteiger partial charge in [0.25, 0.3) is 0 Å². The van der Waals surface area contributed by atoms with E-state index in [-0.39, 0.29) is 23.8 Å². The first-order valence-electron chi connectivity index (χ1n) is 16.1. The van der Waals surface area contributed by atoms with Crippen LogP contribution in [0.5, 0.6) is 0 Å². The molecule has 2 aliphatic heterocycles. The number of H-pyrrole nitrogens is 2. The number of carboxylic acids is 2. The second-order valence-electron chi connectivity index (χ2n) is 12.5. The smallest absolute Gasteiger partial charge is 0.338 e. The number of aromatic amines is 2. The highest BCUT2D eigenvalue weighted by molar-refractivity contribution is 6.24. The van der Waals surface area contributed by atoms with Crippen molar-refractivity contribution in [1.29, 1.82) is 0 Å². The van der Waals surface area contributed by atoms with E-state index in [2.05, 4.69) is 62.0 Å². The van der Waals surface area contributed by atoms with E-state index < -0.39 is 11.9 Å². The van der Waals surface area contributed by atoms with Crippen molar-refractivity contribution in [3.8, 4) is 0 Å². The summed E-state index contributed by atoms with van der Waals surface area (Å²) in [6, 6.07) is 6.21. The standard InChI is InChI=1S/C36H45N5O4/c1-8-10-13-37-17-25-20(5)26-14-28-19(4)24(11-12-32(42)43)34(40-28)22(7)35-33(36(44)45)21(6)29(41-35)16-30-23(9-2)18(3)27(38-30)15-31(25)39-26/h14-16,19,24,37-39H,8-13,17H2,1-7H3,(H,42,43)(H,44,45)/t19-,24-/m0/s1. The van der Waals surface area contributed by atoms with Gasteiger partial charge in [0.05, 0.1) is 17.0 Å². The summed E-state index contributed by atoms with van der Waals surface area (Å²) in [7, 11) is 0. The summed E-state index contributed by atoms with van der Waals surface area (Å²) >= 11 is 0. The van der Waals surface area contributed by atoms with Gasteiger partial charge in [-0.2, -0.15) is 0 Å². The van der Waals surface area contributed by atoms with Crippen LogP contribution in [0, 0.1) is 20.8 Å². The number of allylic oxidation sites excluding steroid dienone is 1. The summed E-state index contributed by atoms with van der Waals surface area (Å²) in [6.45, 7) is 16.0. The average molecular weight is 612 g/mol. The molecule has 0 unspecified atom stereocenters. The molecule has 9 heteroatoms. The first-order chi connectivity index (χ1) is 21.5. The number of hydrogen-bond donors (Lipinski definition) is 5. The van der Waals surface area contributed by atoms with Gasteiger partial charge >= 0.3 is 11.9 Å². The van der Waals surface area contributed by atoms with Crippen LogP contribution in [0.15, 0.2) is 18.2 Å². The van der Waals surface area contributed by atoms with Crippen molar-refractivity contribution < 1.29 is 19.8 Å². The molecule has 0 saturated carbocycles. The molecule has 0 aliphatic carbocycles. The highest BCUT2D eigenvalue weighted by atomic mass is 16.4. The van der Waals surface area contributed by atoms with Crippen LogP contribution in [0.1, 0.15) is 116 Å². The molecule has 0 saturated heterocycles. The van der Waals surface area contributed by atoms with Crippen LogP contribution >= 0.6 is 0 Å². The van der Waals surface area contributed by atoms with E-state index in [0.29, 0.717) is 34.6 Å². The Morgan fingerprint density at radius 1 is 0.889 bits per heavy atom. The SMILES string of the molecule is CCCCNCc1c(C)c2cc3nc(c(C)c4nc(cc5[nH]c(cc1[nH]2)c(C)c5CC)C(C)=C4C(=O)O)[C@@H](CCC(=O)O)[C@@H]3C. The van der Waals surface area contributed by atoms with Gasteiger partial charge in [-0.25, -0.2) is 9.78 Å². The number of nitrogens with one attached hydrogen (secondary N) is 3. The summed E-state index contributed by atoms with van der Waals surface area (Å²) in [6.07, 6.45) is 3.43. The van der Waals surface area contributed by atoms with Gasteiger partial charge in [-0.05, 0) is 105 Å². The first-order valence-corrected chi connectivity index (χ1v) is 16.1. The number of nitrogens with zero attached hydrogens (tertiary/aromatic N) is 2. The van der Waals surface area contributed by atoms with E-state index in [9.17, 15) is 19.8 Å². The van der Waals surface area contributed by atoms with Crippen LogP contribution in [-0.4, -0.2) is 48.6 Å². The highest BCUT2D eigenvalue weighted by Gasteiger charge is 2.33. The number of hydrogen-bond acceptors (Lipinski definition) is 5. The number of carboxylic acid groups (broad SMARTS) is 2. The Kier molecular flexibility index (Phi) is 9.30. The Bertz CT molecular complexity index is 1860. The molecule has 3 aromatic heterocycles. The first kappa shape index (κ1) is 32.2. The van der Waals surface area contributed by atoms with Gasteiger partial charge in [0, 0.05) is 58.3 Å². The van der Waals surface area contributed by atoms with E-state index in [1.54, 1.807) is 6.92 Å². The lowest BCUT2D eigenvalue weighted by Crippen LogP contribution is -2.14. The molecule has 238 valence electrons. The number of carbonyl (C=O) groups is 2. The zero-order valence-electron chi connectivity index (χ0n) is 27.4. The second-order valence-corrected chi connectivity index (χ2v) is 12.5. The number of rotatable bonds is 10. The van der Waals surface area contributed by atoms with Gasteiger partial charge in [0.1, 0.15) is 0 Å². The molecule has 5 heterocycles. The largest absolute Gasteiger partial charge is 0.481 e. The summed E-state index contributed by atoms with van der Waals surface area (Å²) in [5.74, 6) is -2.17. The van der Waals surface area contributed by atoms with Crippen LogP contribution < -0.4 is 5.32 Å². The predicted molar refractivity (Wildman–Crippen MR) is 179 cm³/mol. The number of aliphatic carboxylic acids is 2.